The van der Waals surface area contributed by atoms with Gasteiger partial charge in [-0.05, 0) is 20.8 Å². The van der Waals surface area contributed by atoms with E-state index < -0.39 is 5.60 Å². The number of amides is 3. The molecule has 3 amide bonds. The number of carbonyl (C=O) groups excluding carboxylic acids is 3. The molecule has 0 saturated carbocycles. The molecule has 0 aliphatic carbocycles. The highest BCUT2D eigenvalue weighted by molar-refractivity contribution is 6.12. The molecule has 0 radical (unpaired) electrons. The van der Waals surface area contributed by atoms with Crippen LogP contribution in [-0.4, -0.2) is 199 Å². The van der Waals surface area contributed by atoms with Crippen molar-refractivity contribution in [3.8, 4) is 0 Å². The van der Waals surface area contributed by atoms with Crippen LogP contribution in [0.25, 0.3) is 0 Å². The molecule has 0 atom stereocenters. The fourth-order valence-electron chi connectivity index (χ4n) is 3.74. The highest BCUT2D eigenvalue weighted by Gasteiger charge is 2.22. The first-order chi connectivity index (χ1) is 24.7. The summed E-state index contributed by atoms with van der Waals surface area (Å²) in [5, 5.41) is 0. The molecule has 51 heavy (non-hydrogen) atoms. The molecule has 298 valence electrons. The Morgan fingerprint density at radius 1 is 0.490 bits per heavy atom. The van der Waals surface area contributed by atoms with E-state index >= 15 is 0 Å². The Balaban J connectivity index is 1.65. The summed E-state index contributed by atoms with van der Waals surface area (Å²) >= 11 is 0. The van der Waals surface area contributed by atoms with Gasteiger partial charge in [0.05, 0.1) is 152 Å². The number of imide groups is 1. The summed E-state index contributed by atoms with van der Waals surface area (Å²) in [4.78, 5) is 37.3. The number of likely N-dealkylation sites (N-methyl/N-ethyl adjacent to an activating group) is 1. The zero-order valence-electron chi connectivity index (χ0n) is 31.1. The Morgan fingerprint density at radius 2 is 0.745 bits per heavy atom. The molecular weight excluding hydrogens is 676 g/mol. The van der Waals surface area contributed by atoms with Crippen LogP contribution in [0.2, 0.25) is 0 Å². The van der Waals surface area contributed by atoms with E-state index in [-0.39, 0.29) is 31.1 Å². The summed E-state index contributed by atoms with van der Waals surface area (Å²) in [6.45, 7) is 16.0. The third-order valence-corrected chi connectivity index (χ3v) is 6.36. The number of hydrogen-bond donors (Lipinski definition) is 0. The van der Waals surface area contributed by atoms with E-state index in [0.717, 1.165) is 4.90 Å². The Bertz CT molecular complexity index is 885. The standard InChI is InChI=1S/C34H62N2O15/c1-34(2,3)51-33(39)35(4)7-9-40-11-13-42-15-17-44-19-21-46-23-25-48-27-29-50-30-28-49-26-24-47-22-20-45-18-16-43-14-12-41-10-8-36-31(37)5-6-32(36)38/h5-6H,7-30H2,1-4H3. The number of hydrogen-bond acceptors (Lipinski definition) is 15. The molecule has 0 N–H and O–H groups in total. The lowest BCUT2D eigenvalue weighted by Gasteiger charge is -2.24. The molecule has 0 aromatic carbocycles. The topological polar surface area (TPSA) is 168 Å². The van der Waals surface area contributed by atoms with E-state index in [1.165, 1.54) is 17.1 Å². The van der Waals surface area contributed by atoms with Gasteiger partial charge >= 0.3 is 6.09 Å². The van der Waals surface area contributed by atoms with E-state index in [0.29, 0.717) is 145 Å². The van der Waals surface area contributed by atoms with Crippen LogP contribution in [0.1, 0.15) is 20.8 Å². The first-order valence-electron chi connectivity index (χ1n) is 17.5. The lowest BCUT2D eigenvalue weighted by atomic mass is 10.2. The minimum absolute atomic E-state index is 0.235. The lowest BCUT2D eigenvalue weighted by molar-refractivity contribution is -0.137. The van der Waals surface area contributed by atoms with E-state index in [1.54, 1.807) is 7.05 Å². The van der Waals surface area contributed by atoms with Crippen molar-refractivity contribution >= 4 is 17.9 Å². The summed E-state index contributed by atoms with van der Waals surface area (Å²) in [5.74, 6) is -0.620. The number of ether oxygens (including phenoxy) is 12. The average molecular weight is 739 g/mol. The van der Waals surface area contributed by atoms with Crippen LogP contribution in [0.3, 0.4) is 0 Å². The van der Waals surface area contributed by atoms with Crippen LogP contribution in [0.4, 0.5) is 4.79 Å². The SMILES string of the molecule is CN(CCOCCOCCOCCOCCOCCOCCOCCOCCOCCOCCOCCN1C(=O)C=CC1=O)C(=O)OC(C)(C)C. The van der Waals surface area contributed by atoms with Gasteiger partial charge < -0.3 is 61.7 Å². The van der Waals surface area contributed by atoms with E-state index in [4.69, 9.17) is 56.8 Å². The van der Waals surface area contributed by atoms with Crippen molar-refractivity contribution in [3.63, 3.8) is 0 Å². The monoisotopic (exact) mass is 738 g/mol. The van der Waals surface area contributed by atoms with Gasteiger partial charge in [0, 0.05) is 25.7 Å². The molecule has 0 bridgehead atoms. The van der Waals surface area contributed by atoms with Crippen LogP contribution < -0.4 is 0 Å². The highest BCUT2D eigenvalue weighted by Crippen LogP contribution is 2.08. The summed E-state index contributed by atoms with van der Waals surface area (Å²) < 4.78 is 65.3. The van der Waals surface area contributed by atoms with Crippen LogP contribution >= 0.6 is 0 Å². The van der Waals surface area contributed by atoms with Crippen molar-refractivity contribution in [3.05, 3.63) is 12.2 Å². The molecule has 0 aromatic heterocycles. The lowest BCUT2D eigenvalue weighted by Crippen LogP contribution is -2.36. The molecule has 0 fully saturated rings. The first-order valence-corrected chi connectivity index (χ1v) is 17.5. The van der Waals surface area contributed by atoms with Gasteiger partial charge in [0.15, 0.2) is 0 Å². The van der Waals surface area contributed by atoms with Gasteiger partial charge in [-0.3, -0.25) is 14.5 Å². The third kappa shape index (κ3) is 29.9. The normalized spacial score (nSPS) is 13.1. The molecule has 17 heteroatoms. The largest absolute Gasteiger partial charge is 0.444 e. The van der Waals surface area contributed by atoms with Crippen LogP contribution in [0.5, 0.6) is 0 Å². The second-order valence-corrected chi connectivity index (χ2v) is 11.8. The summed E-state index contributed by atoms with van der Waals surface area (Å²) in [6.07, 6.45) is 2.13. The quantitative estimate of drug-likeness (QED) is 0.0658. The van der Waals surface area contributed by atoms with Crippen LogP contribution in [0.15, 0.2) is 12.2 Å². The summed E-state index contributed by atoms with van der Waals surface area (Å²) in [6, 6.07) is 0. The Labute approximate surface area is 302 Å². The van der Waals surface area contributed by atoms with Crippen molar-refractivity contribution in [2.75, 3.05) is 165 Å². The van der Waals surface area contributed by atoms with Crippen molar-refractivity contribution in [1.82, 2.24) is 9.80 Å². The Kier molecular flexibility index (Phi) is 29.7. The van der Waals surface area contributed by atoms with E-state index in [1.807, 2.05) is 20.8 Å². The molecule has 17 nitrogen and oxygen atoms in total. The van der Waals surface area contributed by atoms with E-state index in [2.05, 4.69) is 0 Å². The molecular formula is C34H62N2O15. The highest BCUT2D eigenvalue weighted by atomic mass is 16.6. The fraction of sp³-hybridized carbons (Fsp3) is 0.853. The predicted molar refractivity (Wildman–Crippen MR) is 184 cm³/mol. The molecule has 1 aliphatic rings. The number of nitrogens with zero attached hydrogens (tertiary/aromatic N) is 2. The Morgan fingerprint density at radius 3 is 1.02 bits per heavy atom. The maximum Gasteiger partial charge on any atom is 0.410 e. The average Bonchev–Trinajstić information content (AvgIpc) is 3.41. The van der Waals surface area contributed by atoms with Gasteiger partial charge in [-0.25, -0.2) is 4.79 Å². The first kappa shape index (κ1) is 46.7. The molecule has 1 heterocycles. The van der Waals surface area contributed by atoms with Gasteiger partial charge in [0.2, 0.25) is 0 Å². The summed E-state index contributed by atoms with van der Waals surface area (Å²) in [5.41, 5.74) is -0.516. The van der Waals surface area contributed by atoms with E-state index in [9.17, 15) is 14.4 Å². The minimum Gasteiger partial charge on any atom is -0.444 e. The van der Waals surface area contributed by atoms with Crippen LogP contribution in [-0.2, 0) is 66.4 Å². The predicted octanol–water partition coefficient (Wildman–Crippen LogP) is 0.961. The number of carbonyl (C=O) groups is 3. The van der Waals surface area contributed by atoms with Gasteiger partial charge in [0.1, 0.15) is 5.60 Å². The van der Waals surface area contributed by atoms with Crippen molar-refractivity contribution < 1.29 is 71.2 Å². The van der Waals surface area contributed by atoms with Gasteiger partial charge in [-0.1, -0.05) is 0 Å². The zero-order chi connectivity index (χ0) is 37.3. The van der Waals surface area contributed by atoms with Gasteiger partial charge in [-0.15, -0.1) is 0 Å². The second kappa shape index (κ2) is 32.4. The van der Waals surface area contributed by atoms with Crippen molar-refractivity contribution in [2.45, 2.75) is 26.4 Å². The number of rotatable bonds is 36. The van der Waals surface area contributed by atoms with Crippen molar-refractivity contribution in [2.24, 2.45) is 0 Å². The maximum atomic E-state index is 11.9. The third-order valence-electron chi connectivity index (χ3n) is 6.36. The molecule has 0 spiro atoms. The van der Waals surface area contributed by atoms with Crippen LogP contribution in [0, 0.1) is 0 Å². The molecule has 0 unspecified atom stereocenters. The van der Waals surface area contributed by atoms with Gasteiger partial charge in [0.25, 0.3) is 11.8 Å². The minimum atomic E-state index is -0.516. The second-order valence-electron chi connectivity index (χ2n) is 11.8. The molecule has 1 aliphatic heterocycles. The molecule has 0 aromatic rings. The summed E-state index contributed by atoms with van der Waals surface area (Å²) in [7, 11) is 1.68. The zero-order valence-corrected chi connectivity index (χ0v) is 31.1. The van der Waals surface area contributed by atoms with Crippen molar-refractivity contribution in [1.29, 1.82) is 0 Å². The smallest absolute Gasteiger partial charge is 0.410 e. The van der Waals surface area contributed by atoms with Gasteiger partial charge in [-0.2, -0.15) is 0 Å². The molecule has 0 saturated heterocycles. The Hall–Kier alpha value is -2.29. The maximum absolute atomic E-state index is 11.9. The molecule has 1 rings (SSSR count). The fourth-order valence-corrected chi connectivity index (χ4v) is 3.74.